The molecule has 0 aromatic heterocycles. The summed E-state index contributed by atoms with van der Waals surface area (Å²) in [5.41, 5.74) is 0. The Balaban J connectivity index is 1.76. The van der Waals surface area contributed by atoms with Gasteiger partial charge in [0.15, 0.2) is 12.6 Å². The average Bonchev–Trinajstić information content (AvgIpc) is 2.59. The maximum atomic E-state index is 13.3. The van der Waals surface area contributed by atoms with E-state index in [0.29, 0.717) is 12.8 Å². The zero-order valence-corrected chi connectivity index (χ0v) is 53.2. The van der Waals surface area contributed by atoms with Gasteiger partial charge in [-0.05, 0) is 122 Å². The number of amides is 1. The van der Waals surface area contributed by atoms with Crippen LogP contribution in [-0.2, 0) is 23.7 Å². The molecule has 2 fully saturated rings. The van der Waals surface area contributed by atoms with Gasteiger partial charge in [0.05, 0.1) is 32.0 Å². The molecule has 2 heterocycles. The number of carbonyl (C=O) groups is 1. The first-order chi connectivity index (χ1) is 42.6. The lowest BCUT2D eigenvalue weighted by Crippen LogP contribution is -2.65. The van der Waals surface area contributed by atoms with E-state index in [1.807, 2.05) is 6.08 Å². The molecule has 0 aliphatic carbocycles. The number of hydrogen-bond donors (Lipinski definition) is 9. The largest absolute Gasteiger partial charge is 0.394 e. The van der Waals surface area contributed by atoms with Crippen LogP contribution < -0.4 is 5.32 Å². The van der Waals surface area contributed by atoms with Gasteiger partial charge in [-0.15, -0.1) is 0 Å². The predicted molar refractivity (Wildman–Crippen MR) is 354 cm³/mol. The fraction of sp³-hybridized carbons (Fsp3) is 0.630. The van der Waals surface area contributed by atoms with Crippen LogP contribution in [0, 0.1) is 0 Å². The van der Waals surface area contributed by atoms with E-state index in [-0.39, 0.29) is 18.9 Å². The summed E-state index contributed by atoms with van der Waals surface area (Å²) >= 11 is 0. The van der Waals surface area contributed by atoms with Crippen molar-refractivity contribution in [1.29, 1.82) is 0 Å². The highest BCUT2D eigenvalue weighted by Gasteiger charge is 2.51. The first kappa shape index (κ1) is 78.7. The van der Waals surface area contributed by atoms with Crippen molar-refractivity contribution in [2.24, 2.45) is 0 Å². The second-order valence-electron chi connectivity index (χ2n) is 22.5. The summed E-state index contributed by atoms with van der Waals surface area (Å²) in [6.45, 7) is 2.61. The minimum Gasteiger partial charge on any atom is -0.394 e. The van der Waals surface area contributed by atoms with Crippen molar-refractivity contribution in [2.45, 2.75) is 274 Å². The Morgan fingerprint density at radius 2 is 0.805 bits per heavy atom. The summed E-state index contributed by atoms with van der Waals surface area (Å²) in [6, 6.07) is -0.975. The summed E-state index contributed by atoms with van der Waals surface area (Å²) in [6.07, 6.45) is 68.6. The van der Waals surface area contributed by atoms with Gasteiger partial charge < -0.3 is 65.1 Å². The molecule has 0 saturated carbocycles. The van der Waals surface area contributed by atoms with Gasteiger partial charge in [0.1, 0.15) is 48.8 Å². The molecule has 0 bridgehead atoms. The van der Waals surface area contributed by atoms with Crippen molar-refractivity contribution in [1.82, 2.24) is 5.32 Å². The molecule has 14 heteroatoms. The molecule has 1 amide bonds. The van der Waals surface area contributed by atoms with E-state index in [2.05, 4.69) is 165 Å². The predicted octanol–water partition coefficient (Wildman–Crippen LogP) is 13.1. The van der Waals surface area contributed by atoms with Crippen molar-refractivity contribution in [3.63, 3.8) is 0 Å². The van der Waals surface area contributed by atoms with Gasteiger partial charge >= 0.3 is 0 Å². The number of carbonyl (C=O) groups excluding carboxylic acids is 1. The van der Waals surface area contributed by atoms with E-state index >= 15 is 0 Å². The Kier molecular flexibility index (Phi) is 50.4. The lowest BCUT2D eigenvalue weighted by Gasteiger charge is -2.46. The molecule has 2 aliphatic rings. The monoisotopic (exact) mass is 1220 g/mol. The first-order valence-corrected chi connectivity index (χ1v) is 33.2. The fourth-order valence-electron chi connectivity index (χ4n) is 9.64. The third-order valence-corrected chi connectivity index (χ3v) is 14.9. The molecule has 2 saturated heterocycles. The van der Waals surface area contributed by atoms with Crippen molar-refractivity contribution in [2.75, 3.05) is 19.8 Å². The van der Waals surface area contributed by atoms with Gasteiger partial charge in [0, 0.05) is 6.42 Å². The molecule has 2 aliphatic heterocycles. The van der Waals surface area contributed by atoms with Crippen LogP contribution in [0.1, 0.15) is 200 Å². The number of hydrogen-bond acceptors (Lipinski definition) is 13. The normalized spacial score (nSPS) is 24.3. The highest BCUT2D eigenvalue weighted by atomic mass is 16.7. The summed E-state index contributed by atoms with van der Waals surface area (Å²) in [5.74, 6) is -0.303. The molecule has 0 spiro atoms. The third kappa shape index (κ3) is 40.1. The lowest BCUT2D eigenvalue weighted by molar-refractivity contribution is -0.359. The van der Waals surface area contributed by atoms with Crippen LogP contribution in [-0.4, -0.2) is 140 Å². The molecule has 12 atom stereocenters. The number of ether oxygens (including phenoxy) is 4. The maximum absolute atomic E-state index is 13.3. The van der Waals surface area contributed by atoms with Crippen LogP contribution in [0.4, 0.5) is 0 Å². The van der Waals surface area contributed by atoms with Gasteiger partial charge in [-0.25, -0.2) is 0 Å². The van der Waals surface area contributed by atoms with E-state index in [9.17, 15) is 45.6 Å². The van der Waals surface area contributed by atoms with Gasteiger partial charge in [0.25, 0.3) is 0 Å². The van der Waals surface area contributed by atoms with E-state index in [4.69, 9.17) is 18.9 Å². The minimum atomic E-state index is -1.81. The zero-order valence-electron chi connectivity index (χ0n) is 53.2. The average molecular weight is 1220 g/mol. The molecule has 0 aromatic carbocycles. The molecule has 87 heavy (non-hydrogen) atoms. The molecule has 0 aromatic rings. The van der Waals surface area contributed by atoms with Crippen molar-refractivity contribution in [3.8, 4) is 0 Å². The number of rotatable bonds is 51. The Hall–Kier alpha value is -4.39. The Morgan fingerprint density at radius 3 is 1.26 bits per heavy atom. The highest BCUT2D eigenvalue weighted by Crippen LogP contribution is 2.30. The van der Waals surface area contributed by atoms with Gasteiger partial charge in [-0.2, -0.15) is 0 Å². The van der Waals surface area contributed by atoms with E-state index in [1.165, 1.54) is 64.2 Å². The van der Waals surface area contributed by atoms with Crippen molar-refractivity contribution < 1.29 is 64.6 Å². The molecule has 9 N–H and O–H groups in total. The second-order valence-corrected chi connectivity index (χ2v) is 22.5. The van der Waals surface area contributed by atoms with E-state index in [0.717, 1.165) is 103 Å². The smallest absolute Gasteiger partial charge is 0.220 e. The molecular formula is C73H117NO13. The summed E-state index contributed by atoms with van der Waals surface area (Å²) in [5, 5.41) is 87.2. The van der Waals surface area contributed by atoms with Crippen LogP contribution >= 0.6 is 0 Å². The molecule has 0 radical (unpaired) electrons. The molecular weight excluding hydrogens is 1100 g/mol. The first-order valence-electron chi connectivity index (χ1n) is 33.2. The molecule has 14 nitrogen and oxygen atoms in total. The van der Waals surface area contributed by atoms with Crippen LogP contribution in [0.15, 0.2) is 158 Å². The Morgan fingerprint density at radius 1 is 0.425 bits per heavy atom. The van der Waals surface area contributed by atoms with Gasteiger partial charge in [-0.1, -0.05) is 230 Å². The summed E-state index contributed by atoms with van der Waals surface area (Å²) < 4.78 is 22.8. The summed E-state index contributed by atoms with van der Waals surface area (Å²) in [4.78, 5) is 13.3. The van der Waals surface area contributed by atoms with Crippen molar-refractivity contribution in [3.05, 3.63) is 158 Å². The van der Waals surface area contributed by atoms with Crippen LogP contribution in [0.5, 0.6) is 0 Å². The lowest BCUT2D eigenvalue weighted by atomic mass is 9.97. The molecule has 12 unspecified atom stereocenters. The standard InChI is InChI=1S/C73H117NO13/c1-3-5-7-9-11-13-15-17-19-21-23-25-26-27-28-29-30-31-32-33-34-35-36-37-39-41-43-45-47-49-51-53-55-57-65(78)74-61(62(77)56-54-52-50-48-46-44-42-40-38-24-22-20-18-16-14-12-10-8-6-4-2)60-84-72-70(83)68(81)71(64(59-76)86-72)87-73-69(82)67(80)66(79)63(58-75)85-73/h5,7,11,13,17,19,23,25,27-28,30-31,33-34,36-38,40-41,43,46-49,54,56,61-64,66-73,75-77,79-83H,3-4,6,8-10,12,14-16,18,20-22,24,26,29,32,35,39,42,44-45,50-53,55,57-60H2,1-2H3,(H,74,78)/b7-5-,13-11-,19-17-,25-23-,28-27-,31-30-,34-33-,37-36-,40-38+,43-41-,48-46+,49-47-,56-54+. The highest BCUT2D eigenvalue weighted by molar-refractivity contribution is 5.76. The quantitative estimate of drug-likeness (QED) is 0.0204. The van der Waals surface area contributed by atoms with E-state index < -0.39 is 86.8 Å². The minimum absolute atomic E-state index is 0.203. The number of unbranched alkanes of at least 4 members (excludes halogenated alkanes) is 14. The molecule has 492 valence electrons. The summed E-state index contributed by atoms with van der Waals surface area (Å²) in [7, 11) is 0. The zero-order chi connectivity index (χ0) is 63.1. The van der Waals surface area contributed by atoms with Crippen molar-refractivity contribution >= 4 is 5.91 Å². The third-order valence-electron chi connectivity index (χ3n) is 14.9. The second kappa shape index (κ2) is 55.7. The fourth-order valence-corrected chi connectivity index (χ4v) is 9.64. The van der Waals surface area contributed by atoms with E-state index in [1.54, 1.807) is 6.08 Å². The van der Waals surface area contributed by atoms with Gasteiger partial charge in [-0.3, -0.25) is 4.79 Å². The van der Waals surface area contributed by atoms with Crippen LogP contribution in [0.2, 0.25) is 0 Å². The van der Waals surface area contributed by atoms with Crippen LogP contribution in [0.3, 0.4) is 0 Å². The topological polar surface area (TPSA) is 228 Å². The molecule has 2 rings (SSSR count). The number of aliphatic hydroxyl groups excluding tert-OH is 8. The SMILES string of the molecule is CC/C=C\C/C=C\C/C=C\C/C=C\C/C=C\C/C=C\C/C=C\C/C=C\C/C=C\C/C=C\CCCCC(=O)NC(COC1OC(CO)C(OC2OC(CO)C(O)C(O)C2O)C(O)C1O)C(O)/C=C/CC/C=C/CC/C=C/CCCCCCCCCCCC. The Labute approximate surface area is 525 Å². The van der Waals surface area contributed by atoms with Crippen LogP contribution in [0.25, 0.3) is 0 Å². The number of nitrogens with one attached hydrogen (secondary N) is 1. The Bertz CT molecular complexity index is 2070. The number of allylic oxidation sites excluding steroid dienone is 25. The van der Waals surface area contributed by atoms with Gasteiger partial charge in [0.2, 0.25) is 5.91 Å². The number of aliphatic hydroxyl groups is 8. The maximum Gasteiger partial charge on any atom is 0.220 e.